The van der Waals surface area contributed by atoms with Crippen molar-refractivity contribution in [2.75, 3.05) is 7.11 Å². The maximum absolute atomic E-state index is 11.7. The minimum atomic E-state index is -0.544. The van der Waals surface area contributed by atoms with E-state index < -0.39 is 11.5 Å². The molecule has 0 aliphatic heterocycles. The average molecular weight is 360 g/mol. The maximum Gasteiger partial charge on any atom is 0.340 e. The Morgan fingerprint density at radius 3 is 2.72 bits per heavy atom. The van der Waals surface area contributed by atoms with Crippen molar-refractivity contribution in [1.29, 1.82) is 0 Å². The number of halogens is 1. The van der Waals surface area contributed by atoms with Gasteiger partial charge in [-0.25, -0.2) is 9.48 Å². The van der Waals surface area contributed by atoms with Crippen LogP contribution >= 0.6 is 22.6 Å². The molecule has 2 aromatic rings. The Bertz CT molecular complexity index is 659. The number of methoxy groups -OCH3 is 1. The quantitative estimate of drug-likeness (QED) is 0.624. The van der Waals surface area contributed by atoms with E-state index >= 15 is 0 Å². The fourth-order valence-electron chi connectivity index (χ4n) is 1.54. The third kappa shape index (κ3) is 2.26. The minimum absolute atomic E-state index is 0.256. The molecule has 0 radical (unpaired) electrons. The number of carbonyl (C=O) groups is 1. The molecule has 1 aromatic heterocycles. The van der Waals surface area contributed by atoms with Crippen LogP contribution in [0.5, 0.6) is 5.88 Å². The van der Waals surface area contributed by atoms with Crippen molar-refractivity contribution in [2.24, 2.45) is 0 Å². The molecule has 1 heterocycles. The van der Waals surface area contributed by atoms with E-state index in [4.69, 9.17) is 0 Å². The Kier molecular flexibility index (Phi) is 3.41. The lowest BCUT2D eigenvalue weighted by Gasteiger charge is -2.09. The van der Waals surface area contributed by atoms with Crippen molar-refractivity contribution in [3.8, 4) is 11.6 Å². The molecule has 0 aliphatic rings. The van der Waals surface area contributed by atoms with Crippen LogP contribution in [0.2, 0.25) is 0 Å². The topological polar surface area (TPSA) is 84.3 Å². The molecule has 2 rings (SSSR count). The smallest absolute Gasteiger partial charge is 0.340 e. The predicted molar refractivity (Wildman–Crippen MR) is 72.1 cm³/mol. The van der Waals surface area contributed by atoms with E-state index in [1.54, 1.807) is 18.2 Å². The fourth-order valence-corrected chi connectivity index (χ4v) is 2.03. The molecule has 1 aromatic carbocycles. The van der Waals surface area contributed by atoms with Gasteiger partial charge >= 0.3 is 5.97 Å². The van der Waals surface area contributed by atoms with Gasteiger partial charge in [0.05, 0.1) is 24.4 Å². The molecule has 0 unspecified atom stereocenters. The molecule has 0 fully saturated rings. The third-order valence-electron chi connectivity index (χ3n) is 2.32. The predicted octanol–water partition coefficient (Wildman–Crippen LogP) is 1.26. The summed E-state index contributed by atoms with van der Waals surface area (Å²) in [4.78, 5) is 22.8. The number of esters is 1. The van der Waals surface area contributed by atoms with Crippen LogP contribution in [0.1, 0.15) is 10.4 Å². The van der Waals surface area contributed by atoms with Gasteiger partial charge in [-0.05, 0) is 40.8 Å². The van der Waals surface area contributed by atoms with Crippen LogP contribution in [-0.2, 0) is 4.74 Å². The number of carbonyl (C=O) groups excluding carboxylic acids is 1. The zero-order chi connectivity index (χ0) is 13.3. The van der Waals surface area contributed by atoms with Gasteiger partial charge in [0, 0.05) is 3.57 Å². The molecule has 0 bridgehead atoms. The largest absolute Gasteiger partial charge is 0.493 e. The SMILES string of the molecule is COC(=O)c1cc(I)ccc1-n1[nH]c(=O)cc1O. The molecule has 0 saturated heterocycles. The number of hydrogen-bond donors (Lipinski definition) is 2. The van der Waals surface area contributed by atoms with Crippen LogP contribution < -0.4 is 5.56 Å². The van der Waals surface area contributed by atoms with Gasteiger partial charge in [-0.2, -0.15) is 0 Å². The van der Waals surface area contributed by atoms with Crippen molar-refractivity contribution < 1.29 is 14.6 Å². The molecule has 6 nitrogen and oxygen atoms in total. The van der Waals surface area contributed by atoms with E-state index in [1.165, 1.54) is 7.11 Å². The number of hydrogen-bond acceptors (Lipinski definition) is 4. The highest BCUT2D eigenvalue weighted by molar-refractivity contribution is 14.1. The first-order valence-electron chi connectivity index (χ1n) is 4.92. The van der Waals surface area contributed by atoms with Gasteiger partial charge in [-0.1, -0.05) is 0 Å². The summed E-state index contributed by atoms with van der Waals surface area (Å²) in [6.45, 7) is 0. The van der Waals surface area contributed by atoms with Crippen molar-refractivity contribution >= 4 is 28.6 Å². The van der Waals surface area contributed by atoms with Crippen molar-refractivity contribution in [1.82, 2.24) is 9.78 Å². The van der Waals surface area contributed by atoms with Crippen LogP contribution in [0, 0.1) is 3.57 Å². The lowest BCUT2D eigenvalue weighted by molar-refractivity contribution is 0.0600. The molecule has 0 saturated carbocycles. The summed E-state index contributed by atoms with van der Waals surface area (Å²) in [6, 6.07) is 6.00. The molecular formula is C11H9IN2O4. The zero-order valence-electron chi connectivity index (χ0n) is 9.31. The second kappa shape index (κ2) is 4.84. The molecule has 0 aliphatic carbocycles. The van der Waals surface area contributed by atoms with Gasteiger partial charge in [0.1, 0.15) is 0 Å². The van der Waals surface area contributed by atoms with Crippen molar-refractivity contribution in [3.05, 3.63) is 43.8 Å². The van der Waals surface area contributed by atoms with E-state index in [0.717, 1.165) is 14.3 Å². The second-order valence-electron chi connectivity index (χ2n) is 3.47. The molecule has 7 heteroatoms. The summed E-state index contributed by atoms with van der Waals surface area (Å²) in [5.74, 6) is -0.816. The number of aromatic hydroxyl groups is 1. The number of nitrogens with one attached hydrogen (secondary N) is 1. The summed E-state index contributed by atoms with van der Waals surface area (Å²) in [5.41, 5.74) is 0.148. The standard InChI is InChI=1S/C11H9IN2O4/c1-18-11(17)7-4-6(12)2-3-8(7)14-10(16)5-9(15)13-14/h2-5,16H,1H3,(H,13,15). The van der Waals surface area contributed by atoms with E-state index in [2.05, 4.69) is 32.4 Å². The van der Waals surface area contributed by atoms with Gasteiger partial charge in [0.15, 0.2) is 0 Å². The summed E-state index contributed by atoms with van der Waals surface area (Å²) in [7, 11) is 1.27. The van der Waals surface area contributed by atoms with Gasteiger partial charge in [-0.15, -0.1) is 0 Å². The van der Waals surface area contributed by atoms with Gasteiger partial charge < -0.3 is 9.84 Å². The summed E-state index contributed by atoms with van der Waals surface area (Å²) in [6.07, 6.45) is 0. The van der Waals surface area contributed by atoms with Crippen LogP contribution in [0.3, 0.4) is 0 Å². The van der Waals surface area contributed by atoms with Crippen LogP contribution in [0.4, 0.5) is 0 Å². The van der Waals surface area contributed by atoms with Gasteiger partial charge in [0.25, 0.3) is 5.56 Å². The van der Waals surface area contributed by atoms with Crippen molar-refractivity contribution in [3.63, 3.8) is 0 Å². The highest BCUT2D eigenvalue weighted by atomic mass is 127. The monoisotopic (exact) mass is 360 g/mol. The number of benzene rings is 1. The molecule has 18 heavy (non-hydrogen) atoms. The lowest BCUT2D eigenvalue weighted by atomic mass is 10.2. The molecule has 94 valence electrons. The molecule has 0 amide bonds. The number of ether oxygens (including phenoxy) is 1. The average Bonchev–Trinajstić information content (AvgIpc) is 2.67. The Labute approximate surface area is 115 Å². The first kappa shape index (κ1) is 12.7. The second-order valence-corrected chi connectivity index (χ2v) is 4.71. The van der Waals surface area contributed by atoms with E-state index in [0.29, 0.717) is 5.69 Å². The summed E-state index contributed by atoms with van der Waals surface area (Å²) < 4.78 is 6.64. The first-order chi connectivity index (χ1) is 8.52. The van der Waals surface area contributed by atoms with Gasteiger partial charge in [-0.3, -0.25) is 9.89 Å². The van der Waals surface area contributed by atoms with E-state index in [9.17, 15) is 14.7 Å². The number of aromatic nitrogens is 2. The van der Waals surface area contributed by atoms with Crippen LogP contribution in [-0.4, -0.2) is 28.0 Å². The highest BCUT2D eigenvalue weighted by Gasteiger charge is 2.16. The van der Waals surface area contributed by atoms with Crippen LogP contribution in [0.15, 0.2) is 29.1 Å². The Balaban J connectivity index is 2.67. The first-order valence-corrected chi connectivity index (χ1v) is 6.00. The fraction of sp³-hybridized carbons (Fsp3) is 0.0909. The summed E-state index contributed by atoms with van der Waals surface area (Å²) >= 11 is 2.05. The molecule has 2 N–H and O–H groups in total. The Morgan fingerprint density at radius 2 is 2.17 bits per heavy atom. The Hall–Kier alpha value is -1.77. The lowest BCUT2D eigenvalue weighted by Crippen LogP contribution is -2.11. The normalized spacial score (nSPS) is 10.3. The number of aromatic amines is 1. The van der Waals surface area contributed by atoms with Crippen LogP contribution in [0.25, 0.3) is 5.69 Å². The van der Waals surface area contributed by atoms with Crippen molar-refractivity contribution in [2.45, 2.75) is 0 Å². The molecule has 0 atom stereocenters. The maximum atomic E-state index is 11.7. The third-order valence-corrected chi connectivity index (χ3v) is 2.99. The molecule has 0 spiro atoms. The Morgan fingerprint density at radius 1 is 1.44 bits per heavy atom. The summed E-state index contributed by atoms with van der Waals surface area (Å²) in [5, 5.41) is 12.0. The highest BCUT2D eigenvalue weighted by Crippen LogP contribution is 2.21. The minimum Gasteiger partial charge on any atom is -0.493 e. The number of rotatable bonds is 2. The molecular weight excluding hydrogens is 351 g/mol. The number of H-pyrrole nitrogens is 1. The van der Waals surface area contributed by atoms with E-state index in [-0.39, 0.29) is 11.4 Å². The van der Waals surface area contributed by atoms with E-state index in [1.807, 2.05) is 0 Å². The number of nitrogens with zero attached hydrogens (tertiary/aromatic N) is 1. The van der Waals surface area contributed by atoms with Gasteiger partial charge in [0.2, 0.25) is 5.88 Å². The zero-order valence-corrected chi connectivity index (χ0v) is 11.5.